The number of carbonyl (C=O) groups excluding carboxylic acids is 1. The molecular weight excluding hydrogens is 142 g/mol. The summed E-state index contributed by atoms with van der Waals surface area (Å²) in [6.07, 6.45) is 1.38. The van der Waals surface area contributed by atoms with Gasteiger partial charge >= 0.3 is 0 Å². The maximum atomic E-state index is 10.9. The number of methoxy groups -OCH3 is 1. The number of carbonyl (C=O) groups is 1. The molecule has 0 spiro atoms. The van der Waals surface area contributed by atoms with Crippen molar-refractivity contribution in [3.05, 3.63) is 12.2 Å². The first-order chi connectivity index (χ1) is 5.10. The molecule has 0 radical (unpaired) electrons. The van der Waals surface area contributed by atoms with Crippen molar-refractivity contribution < 1.29 is 9.53 Å². The molecular formula is C8H13NO2. The van der Waals surface area contributed by atoms with Crippen LogP contribution in [0.4, 0.5) is 0 Å². The van der Waals surface area contributed by atoms with Crippen LogP contribution < -0.4 is 5.73 Å². The van der Waals surface area contributed by atoms with E-state index in [-0.39, 0.29) is 5.91 Å². The van der Waals surface area contributed by atoms with E-state index < -0.39 is 5.41 Å². The largest absolute Gasteiger partial charge is 0.384 e. The van der Waals surface area contributed by atoms with Gasteiger partial charge in [0.2, 0.25) is 5.91 Å². The normalized spacial score (nSPS) is 21.0. The molecule has 0 heterocycles. The Labute approximate surface area is 66.2 Å². The smallest absolute Gasteiger partial charge is 0.226 e. The Morgan fingerprint density at radius 1 is 1.82 bits per heavy atom. The highest BCUT2D eigenvalue weighted by Crippen LogP contribution is 2.44. The highest BCUT2D eigenvalue weighted by Gasteiger charge is 2.45. The summed E-state index contributed by atoms with van der Waals surface area (Å²) >= 11 is 0. The lowest BCUT2D eigenvalue weighted by atomic mass is 9.66. The molecule has 0 aliphatic heterocycles. The first-order valence-corrected chi connectivity index (χ1v) is 3.56. The fourth-order valence-corrected chi connectivity index (χ4v) is 1.53. The van der Waals surface area contributed by atoms with Crippen LogP contribution >= 0.6 is 0 Å². The van der Waals surface area contributed by atoms with Gasteiger partial charge in [-0.1, -0.05) is 12.2 Å². The average molecular weight is 155 g/mol. The molecule has 1 aliphatic rings. The zero-order valence-electron chi connectivity index (χ0n) is 6.72. The molecule has 0 aromatic rings. The van der Waals surface area contributed by atoms with Gasteiger partial charge in [0.05, 0.1) is 12.0 Å². The number of primary amides is 1. The molecule has 1 saturated carbocycles. The van der Waals surface area contributed by atoms with Gasteiger partial charge in [-0.05, 0) is 12.8 Å². The Morgan fingerprint density at radius 3 is 2.64 bits per heavy atom. The van der Waals surface area contributed by atoms with Crippen LogP contribution in [0.1, 0.15) is 12.8 Å². The van der Waals surface area contributed by atoms with Crippen LogP contribution in [0.15, 0.2) is 12.2 Å². The number of ether oxygens (including phenoxy) is 1. The standard InChI is InChI=1S/C8H13NO2/c1-6-3-8(4-6,5-11-2)7(9)10/h1,3-5H2,2H3,(H2,9,10). The third kappa shape index (κ3) is 1.28. The number of allylic oxidation sites excluding steroid dienone is 1. The van der Waals surface area contributed by atoms with E-state index in [0.29, 0.717) is 19.4 Å². The lowest BCUT2D eigenvalue weighted by molar-refractivity contribution is -0.133. The van der Waals surface area contributed by atoms with Crippen LogP contribution in [0, 0.1) is 5.41 Å². The Balaban J connectivity index is 2.60. The van der Waals surface area contributed by atoms with Gasteiger partial charge in [0.25, 0.3) is 0 Å². The fraction of sp³-hybridized carbons (Fsp3) is 0.625. The fourth-order valence-electron chi connectivity index (χ4n) is 1.53. The second-order valence-electron chi connectivity index (χ2n) is 3.18. The van der Waals surface area contributed by atoms with Crippen molar-refractivity contribution in [3.8, 4) is 0 Å². The second-order valence-corrected chi connectivity index (χ2v) is 3.18. The minimum absolute atomic E-state index is 0.272. The molecule has 1 aliphatic carbocycles. The van der Waals surface area contributed by atoms with Crippen molar-refractivity contribution in [3.63, 3.8) is 0 Å². The molecule has 0 bridgehead atoms. The third-order valence-electron chi connectivity index (χ3n) is 2.12. The third-order valence-corrected chi connectivity index (χ3v) is 2.12. The van der Waals surface area contributed by atoms with Gasteiger partial charge in [0.1, 0.15) is 0 Å². The van der Waals surface area contributed by atoms with Gasteiger partial charge in [-0.2, -0.15) is 0 Å². The van der Waals surface area contributed by atoms with Crippen LogP contribution in [-0.2, 0) is 9.53 Å². The molecule has 0 atom stereocenters. The monoisotopic (exact) mass is 155 g/mol. The van der Waals surface area contributed by atoms with E-state index in [1.807, 2.05) is 0 Å². The van der Waals surface area contributed by atoms with Gasteiger partial charge in [-0.25, -0.2) is 0 Å². The molecule has 3 heteroatoms. The van der Waals surface area contributed by atoms with Crippen molar-refractivity contribution in [1.82, 2.24) is 0 Å². The first-order valence-electron chi connectivity index (χ1n) is 3.56. The van der Waals surface area contributed by atoms with Crippen LogP contribution in [0.5, 0.6) is 0 Å². The Bertz CT molecular complexity index is 190. The first kappa shape index (κ1) is 8.27. The molecule has 1 fully saturated rings. The maximum absolute atomic E-state index is 10.9. The lowest BCUT2D eigenvalue weighted by Crippen LogP contribution is -2.47. The molecule has 3 nitrogen and oxygen atoms in total. The van der Waals surface area contributed by atoms with E-state index in [1.54, 1.807) is 7.11 Å². The number of amides is 1. The summed E-state index contributed by atoms with van der Waals surface area (Å²) in [6, 6.07) is 0. The van der Waals surface area contributed by atoms with Crippen molar-refractivity contribution in [1.29, 1.82) is 0 Å². The van der Waals surface area contributed by atoms with E-state index in [4.69, 9.17) is 10.5 Å². The highest BCUT2D eigenvalue weighted by atomic mass is 16.5. The minimum Gasteiger partial charge on any atom is -0.384 e. The predicted octanol–water partition coefficient (Wildman–Crippen LogP) is 0.454. The number of nitrogens with two attached hydrogens (primary N) is 1. The summed E-state index contributed by atoms with van der Waals surface area (Å²) in [5.74, 6) is -0.272. The van der Waals surface area contributed by atoms with Crippen molar-refractivity contribution >= 4 is 5.91 Å². The lowest BCUT2D eigenvalue weighted by Gasteiger charge is -2.39. The highest BCUT2D eigenvalue weighted by molar-refractivity contribution is 5.83. The van der Waals surface area contributed by atoms with Gasteiger partial charge < -0.3 is 10.5 Å². The second kappa shape index (κ2) is 2.66. The van der Waals surface area contributed by atoms with E-state index in [9.17, 15) is 4.79 Å². The molecule has 0 aromatic heterocycles. The van der Waals surface area contributed by atoms with E-state index >= 15 is 0 Å². The van der Waals surface area contributed by atoms with E-state index in [0.717, 1.165) is 5.57 Å². The molecule has 11 heavy (non-hydrogen) atoms. The summed E-state index contributed by atoms with van der Waals surface area (Å²) < 4.78 is 4.92. The van der Waals surface area contributed by atoms with Crippen LogP contribution in [0.3, 0.4) is 0 Å². The topological polar surface area (TPSA) is 52.3 Å². The van der Waals surface area contributed by atoms with Crippen molar-refractivity contribution in [2.24, 2.45) is 11.1 Å². The van der Waals surface area contributed by atoms with Crippen molar-refractivity contribution in [2.75, 3.05) is 13.7 Å². The summed E-state index contributed by atoms with van der Waals surface area (Å²) in [7, 11) is 1.58. The Kier molecular flexibility index (Phi) is 2.00. The SMILES string of the molecule is C=C1CC(COC)(C(N)=O)C1. The zero-order chi connectivity index (χ0) is 8.48. The molecule has 62 valence electrons. The predicted molar refractivity (Wildman–Crippen MR) is 41.9 cm³/mol. The zero-order valence-corrected chi connectivity index (χ0v) is 6.72. The molecule has 0 unspecified atom stereocenters. The van der Waals surface area contributed by atoms with Crippen LogP contribution in [0.25, 0.3) is 0 Å². The number of rotatable bonds is 3. The molecule has 2 N–H and O–H groups in total. The molecule has 0 aromatic carbocycles. The number of hydrogen-bond acceptors (Lipinski definition) is 2. The summed E-state index contributed by atoms with van der Waals surface area (Å²) in [4.78, 5) is 10.9. The molecule has 1 rings (SSSR count). The molecule has 0 saturated heterocycles. The van der Waals surface area contributed by atoms with Crippen LogP contribution in [-0.4, -0.2) is 19.6 Å². The van der Waals surface area contributed by atoms with Gasteiger partial charge in [-0.3, -0.25) is 4.79 Å². The van der Waals surface area contributed by atoms with Gasteiger partial charge in [0.15, 0.2) is 0 Å². The van der Waals surface area contributed by atoms with E-state index in [2.05, 4.69) is 6.58 Å². The van der Waals surface area contributed by atoms with Gasteiger partial charge in [0, 0.05) is 7.11 Å². The molecule has 1 amide bonds. The Morgan fingerprint density at radius 2 is 2.36 bits per heavy atom. The average Bonchev–Trinajstić information content (AvgIpc) is 1.84. The summed E-state index contributed by atoms with van der Waals surface area (Å²) in [6.45, 7) is 4.18. The Hall–Kier alpha value is -0.830. The van der Waals surface area contributed by atoms with Crippen LogP contribution in [0.2, 0.25) is 0 Å². The quantitative estimate of drug-likeness (QED) is 0.602. The maximum Gasteiger partial charge on any atom is 0.226 e. The summed E-state index contributed by atoms with van der Waals surface area (Å²) in [5.41, 5.74) is 5.87. The van der Waals surface area contributed by atoms with Crippen molar-refractivity contribution in [2.45, 2.75) is 12.8 Å². The van der Waals surface area contributed by atoms with E-state index in [1.165, 1.54) is 0 Å². The van der Waals surface area contributed by atoms with Gasteiger partial charge in [-0.15, -0.1) is 0 Å². The minimum atomic E-state index is -0.439. The summed E-state index contributed by atoms with van der Waals surface area (Å²) in [5, 5.41) is 0. The number of hydrogen-bond donors (Lipinski definition) is 1.